The molecule has 0 saturated heterocycles. The smallest absolute Gasteiger partial charge is 0.444 e. The van der Waals surface area contributed by atoms with Crippen LogP contribution in [0.3, 0.4) is 0 Å². The lowest BCUT2D eigenvalue weighted by Gasteiger charge is -2.20. The Kier molecular flexibility index (Phi) is 7.08. The van der Waals surface area contributed by atoms with E-state index >= 15 is 0 Å². The van der Waals surface area contributed by atoms with Crippen molar-refractivity contribution >= 4 is 17.9 Å². The maximum Gasteiger partial charge on any atom is 0.514 e. The Labute approximate surface area is 154 Å². The highest BCUT2D eigenvalue weighted by Crippen LogP contribution is 2.33. The molecule has 0 aliphatic heterocycles. The number of carbonyl (C=O) groups excluding carboxylic acids is 2. The highest BCUT2D eigenvalue weighted by molar-refractivity contribution is 5.88. The maximum atomic E-state index is 12.1. The summed E-state index contributed by atoms with van der Waals surface area (Å²) in [5, 5.41) is 2.60. The number of aryl methyl sites for hydroxylation is 1. The molecule has 0 aliphatic rings. The minimum absolute atomic E-state index is 0.168. The Morgan fingerprint density at radius 1 is 1.08 bits per heavy atom. The summed E-state index contributed by atoms with van der Waals surface area (Å²) in [6, 6.07) is 0. The van der Waals surface area contributed by atoms with Crippen LogP contribution >= 0.6 is 0 Å². The van der Waals surface area contributed by atoms with Crippen molar-refractivity contribution in [2.45, 2.75) is 66.3 Å². The standard InChI is InChI=1S/C18H30N2O6/c1-9-23-11-13-14(24-16(22)26-18(5,6)7)12(10-20(13)8)19-15(21)25-17(2,3)4/h10H,9,11H2,1-8H3,(H,19,21). The number of carbonyl (C=O) groups is 2. The molecule has 8 nitrogen and oxygen atoms in total. The summed E-state index contributed by atoms with van der Waals surface area (Å²) in [4.78, 5) is 24.2. The Morgan fingerprint density at radius 2 is 1.65 bits per heavy atom. The molecule has 0 atom stereocenters. The average molecular weight is 370 g/mol. The molecule has 148 valence electrons. The second-order valence-electron chi connectivity index (χ2n) is 7.76. The fourth-order valence-electron chi connectivity index (χ4n) is 1.98. The van der Waals surface area contributed by atoms with Crippen LogP contribution in [0.25, 0.3) is 0 Å². The van der Waals surface area contributed by atoms with Gasteiger partial charge in [-0.1, -0.05) is 0 Å². The predicted molar refractivity (Wildman–Crippen MR) is 97.5 cm³/mol. The summed E-state index contributed by atoms with van der Waals surface area (Å²) in [7, 11) is 1.76. The number of nitrogens with zero attached hydrogens (tertiary/aromatic N) is 1. The first-order valence-corrected chi connectivity index (χ1v) is 8.49. The zero-order valence-corrected chi connectivity index (χ0v) is 16.9. The van der Waals surface area contributed by atoms with Crippen molar-refractivity contribution in [2.24, 2.45) is 7.05 Å². The molecule has 0 aliphatic carbocycles. The van der Waals surface area contributed by atoms with Crippen molar-refractivity contribution in [3.63, 3.8) is 0 Å². The predicted octanol–water partition coefficient (Wildman–Crippen LogP) is 4.22. The highest BCUT2D eigenvalue weighted by atomic mass is 16.7. The second-order valence-corrected chi connectivity index (χ2v) is 7.76. The van der Waals surface area contributed by atoms with E-state index in [0.717, 1.165) is 0 Å². The number of rotatable bonds is 5. The van der Waals surface area contributed by atoms with Gasteiger partial charge >= 0.3 is 12.2 Å². The lowest BCUT2D eigenvalue weighted by atomic mass is 10.2. The number of hydrogen-bond acceptors (Lipinski definition) is 6. The van der Waals surface area contributed by atoms with Gasteiger partial charge in [-0.25, -0.2) is 9.59 Å². The van der Waals surface area contributed by atoms with E-state index in [9.17, 15) is 9.59 Å². The summed E-state index contributed by atoms with van der Waals surface area (Å²) in [6.07, 6.45) is 0.103. The third-order valence-electron chi connectivity index (χ3n) is 2.91. The van der Waals surface area contributed by atoms with Crippen LogP contribution in [0.2, 0.25) is 0 Å². The van der Waals surface area contributed by atoms with Gasteiger partial charge in [0.05, 0.1) is 12.3 Å². The Bertz CT molecular complexity index is 637. The normalized spacial score (nSPS) is 11.8. The molecule has 1 rings (SSSR count). The summed E-state index contributed by atoms with van der Waals surface area (Å²) in [6.45, 7) is 13.0. The van der Waals surface area contributed by atoms with Gasteiger partial charge < -0.3 is 23.5 Å². The molecule has 0 saturated carbocycles. The van der Waals surface area contributed by atoms with Crippen LogP contribution < -0.4 is 10.1 Å². The van der Waals surface area contributed by atoms with Gasteiger partial charge in [0.2, 0.25) is 0 Å². The molecule has 1 aromatic heterocycles. The number of hydrogen-bond donors (Lipinski definition) is 1. The second kappa shape index (κ2) is 8.44. The van der Waals surface area contributed by atoms with Crippen LogP contribution in [0, 0.1) is 0 Å². The van der Waals surface area contributed by atoms with Gasteiger partial charge in [-0.2, -0.15) is 0 Å². The number of amides is 1. The van der Waals surface area contributed by atoms with Crippen LogP contribution in [0.15, 0.2) is 6.20 Å². The molecule has 1 aromatic rings. The van der Waals surface area contributed by atoms with Gasteiger partial charge in [-0.05, 0) is 48.5 Å². The van der Waals surface area contributed by atoms with E-state index < -0.39 is 23.5 Å². The van der Waals surface area contributed by atoms with E-state index in [1.54, 1.807) is 59.4 Å². The molecule has 0 fully saturated rings. The van der Waals surface area contributed by atoms with Crippen molar-refractivity contribution in [1.29, 1.82) is 0 Å². The molecule has 0 spiro atoms. The van der Waals surface area contributed by atoms with E-state index in [1.165, 1.54) is 0 Å². The molecule has 1 amide bonds. The maximum absolute atomic E-state index is 12.1. The minimum Gasteiger partial charge on any atom is -0.444 e. The van der Waals surface area contributed by atoms with Crippen molar-refractivity contribution in [3.05, 3.63) is 11.9 Å². The average Bonchev–Trinajstić information content (AvgIpc) is 2.67. The van der Waals surface area contributed by atoms with Gasteiger partial charge in [0.1, 0.15) is 16.9 Å². The summed E-state index contributed by atoms with van der Waals surface area (Å²) < 4.78 is 23.0. The Balaban J connectivity index is 3.08. The van der Waals surface area contributed by atoms with Crippen LogP contribution in [0.4, 0.5) is 15.3 Å². The highest BCUT2D eigenvalue weighted by Gasteiger charge is 2.25. The largest absolute Gasteiger partial charge is 0.514 e. The minimum atomic E-state index is -0.867. The molecular formula is C18H30N2O6. The summed E-state index contributed by atoms with van der Waals surface area (Å²) in [5.41, 5.74) is -0.477. The first-order valence-electron chi connectivity index (χ1n) is 8.49. The van der Waals surface area contributed by atoms with Crippen LogP contribution in [-0.2, 0) is 27.9 Å². The lowest BCUT2D eigenvalue weighted by Crippen LogP contribution is -2.28. The van der Waals surface area contributed by atoms with E-state index in [1.807, 2.05) is 6.92 Å². The van der Waals surface area contributed by atoms with Gasteiger partial charge in [0.25, 0.3) is 0 Å². The van der Waals surface area contributed by atoms with Crippen molar-refractivity contribution in [1.82, 2.24) is 4.57 Å². The number of ether oxygens (including phenoxy) is 4. The number of aromatic nitrogens is 1. The van der Waals surface area contributed by atoms with E-state index in [0.29, 0.717) is 18.0 Å². The van der Waals surface area contributed by atoms with Gasteiger partial charge in [-0.15, -0.1) is 0 Å². The molecule has 1 heterocycles. The lowest BCUT2D eigenvalue weighted by molar-refractivity contribution is 0.0199. The fourth-order valence-corrected chi connectivity index (χ4v) is 1.98. The fraction of sp³-hybridized carbons (Fsp3) is 0.667. The molecule has 0 unspecified atom stereocenters. The molecular weight excluding hydrogens is 340 g/mol. The molecule has 0 bridgehead atoms. The van der Waals surface area contributed by atoms with E-state index in [2.05, 4.69) is 5.32 Å². The number of anilines is 1. The van der Waals surface area contributed by atoms with Gasteiger partial charge in [0.15, 0.2) is 5.75 Å². The van der Waals surface area contributed by atoms with Crippen molar-refractivity contribution < 1.29 is 28.5 Å². The third kappa shape index (κ3) is 7.35. The van der Waals surface area contributed by atoms with Crippen LogP contribution in [0.5, 0.6) is 5.75 Å². The topological polar surface area (TPSA) is 88.0 Å². The third-order valence-corrected chi connectivity index (χ3v) is 2.91. The van der Waals surface area contributed by atoms with E-state index in [-0.39, 0.29) is 12.4 Å². The van der Waals surface area contributed by atoms with Crippen LogP contribution in [0.1, 0.15) is 54.2 Å². The Hall–Kier alpha value is -2.22. The quantitative estimate of drug-likeness (QED) is 0.781. The van der Waals surface area contributed by atoms with E-state index in [4.69, 9.17) is 18.9 Å². The molecule has 0 aromatic carbocycles. The SMILES string of the molecule is CCOCc1c(OC(=O)OC(C)(C)C)c(NC(=O)OC(C)(C)C)cn1C. The first kappa shape index (κ1) is 21.8. The zero-order chi connectivity index (χ0) is 20.1. The summed E-state index contributed by atoms with van der Waals surface area (Å²) in [5.74, 6) is 0.168. The van der Waals surface area contributed by atoms with Crippen molar-refractivity contribution in [2.75, 3.05) is 11.9 Å². The summed E-state index contributed by atoms with van der Waals surface area (Å²) >= 11 is 0. The zero-order valence-electron chi connectivity index (χ0n) is 16.9. The van der Waals surface area contributed by atoms with Crippen molar-refractivity contribution in [3.8, 4) is 5.75 Å². The first-order chi connectivity index (χ1) is 11.8. The molecule has 8 heteroatoms. The monoisotopic (exact) mass is 370 g/mol. The van der Waals surface area contributed by atoms with Crippen LogP contribution in [-0.4, -0.2) is 34.6 Å². The molecule has 0 radical (unpaired) electrons. The van der Waals surface area contributed by atoms with Gasteiger partial charge in [-0.3, -0.25) is 5.32 Å². The number of nitrogens with one attached hydrogen (secondary N) is 1. The molecule has 26 heavy (non-hydrogen) atoms. The Morgan fingerprint density at radius 3 is 2.15 bits per heavy atom. The van der Waals surface area contributed by atoms with Gasteiger partial charge in [0, 0.05) is 19.9 Å². The molecule has 1 N–H and O–H groups in total.